The quantitative estimate of drug-likeness (QED) is 0.423. The van der Waals surface area contributed by atoms with Gasteiger partial charge in [0.2, 0.25) is 0 Å². The highest BCUT2D eigenvalue weighted by atomic mass is 32.1. The van der Waals surface area contributed by atoms with Gasteiger partial charge in [-0.3, -0.25) is 5.10 Å². The number of aromatic nitrogens is 3. The van der Waals surface area contributed by atoms with Gasteiger partial charge < -0.3 is 11.1 Å². The number of hydrogen-bond donors (Lipinski definition) is 3. The lowest BCUT2D eigenvalue weighted by Crippen LogP contribution is -2.10. The molecular weight excluding hydrogens is 387 g/mol. The number of alkyl halides is 3. The Bertz CT molecular complexity index is 1120. The molecule has 0 radical (unpaired) electrons. The third kappa shape index (κ3) is 3.53. The fourth-order valence-corrected chi connectivity index (χ4v) is 4.03. The van der Waals surface area contributed by atoms with Crippen LogP contribution in [-0.2, 0) is 6.18 Å². The molecule has 3 aromatic heterocycles. The Morgan fingerprint density at radius 3 is 2.71 bits per heavy atom. The van der Waals surface area contributed by atoms with Gasteiger partial charge >= 0.3 is 6.18 Å². The van der Waals surface area contributed by atoms with Crippen molar-refractivity contribution in [2.75, 3.05) is 11.1 Å². The monoisotopic (exact) mass is 403 g/mol. The van der Waals surface area contributed by atoms with E-state index in [1.807, 2.05) is 12.1 Å². The predicted octanol–water partition coefficient (Wildman–Crippen LogP) is 5.46. The van der Waals surface area contributed by atoms with Crippen molar-refractivity contribution in [1.82, 2.24) is 15.2 Å². The molecule has 5 nitrogen and oxygen atoms in total. The molecule has 0 unspecified atom stereocenters. The molecule has 3 heterocycles. The van der Waals surface area contributed by atoms with Crippen molar-refractivity contribution in [3.63, 3.8) is 0 Å². The average Bonchev–Trinajstić information content (AvgIpc) is 3.30. The molecule has 1 aromatic carbocycles. The zero-order chi connectivity index (χ0) is 19.9. The first-order valence-electron chi connectivity index (χ1n) is 8.45. The lowest BCUT2D eigenvalue weighted by atomic mass is 10.0. The zero-order valence-corrected chi connectivity index (χ0v) is 15.5. The summed E-state index contributed by atoms with van der Waals surface area (Å²) in [5.74, 6) is 0.334. The molecule has 0 spiro atoms. The molecule has 0 fully saturated rings. The molecule has 0 saturated carbocycles. The van der Waals surface area contributed by atoms with E-state index >= 15 is 0 Å². The van der Waals surface area contributed by atoms with Gasteiger partial charge in [0.1, 0.15) is 5.82 Å². The van der Waals surface area contributed by atoms with E-state index in [0.717, 1.165) is 33.1 Å². The van der Waals surface area contributed by atoms with E-state index in [4.69, 9.17) is 5.73 Å². The molecular formula is C19H16F3N5S. The third-order valence-electron chi connectivity index (χ3n) is 4.35. The number of benzene rings is 1. The number of thiophene rings is 1. The number of H-pyrrole nitrogens is 1. The van der Waals surface area contributed by atoms with Gasteiger partial charge in [-0.1, -0.05) is 12.1 Å². The highest BCUT2D eigenvalue weighted by molar-refractivity contribution is 7.22. The van der Waals surface area contributed by atoms with Gasteiger partial charge in [-0.15, -0.1) is 11.3 Å². The van der Waals surface area contributed by atoms with Gasteiger partial charge in [-0.25, -0.2) is 4.98 Å². The van der Waals surface area contributed by atoms with Crippen LogP contribution in [0.25, 0.3) is 20.8 Å². The number of nitrogens with zero attached hydrogens (tertiary/aromatic N) is 2. The molecule has 4 N–H and O–H groups in total. The molecule has 0 aliphatic rings. The van der Waals surface area contributed by atoms with Crippen LogP contribution in [0.1, 0.15) is 24.1 Å². The second-order valence-electron chi connectivity index (χ2n) is 6.38. The molecule has 1 atom stereocenters. The van der Waals surface area contributed by atoms with Crippen molar-refractivity contribution < 1.29 is 13.2 Å². The highest BCUT2D eigenvalue weighted by Gasteiger charge is 2.30. The van der Waals surface area contributed by atoms with Crippen molar-refractivity contribution in [1.29, 1.82) is 0 Å². The normalized spacial score (nSPS) is 13.0. The number of nitrogens with two attached hydrogens (primary N) is 1. The fraction of sp³-hybridized carbons (Fsp3) is 0.158. The summed E-state index contributed by atoms with van der Waals surface area (Å²) in [6.07, 6.45) is -2.72. The average molecular weight is 403 g/mol. The summed E-state index contributed by atoms with van der Waals surface area (Å²) in [5, 5.41) is 10.1. The number of anilines is 2. The smallest absolute Gasteiger partial charge is 0.384 e. The molecule has 0 aliphatic heterocycles. The molecule has 4 aromatic rings. The van der Waals surface area contributed by atoms with Crippen LogP contribution in [0.4, 0.5) is 24.7 Å². The van der Waals surface area contributed by atoms with Crippen molar-refractivity contribution in [2.45, 2.75) is 19.1 Å². The van der Waals surface area contributed by atoms with Gasteiger partial charge in [-0.05, 0) is 36.8 Å². The summed E-state index contributed by atoms with van der Waals surface area (Å²) >= 11 is 1.50. The number of halogens is 3. The van der Waals surface area contributed by atoms with Crippen LogP contribution < -0.4 is 11.1 Å². The number of fused-ring (bicyclic) bond motifs is 1. The van der Waals surface area contributed by atoms with E-state index in [9.17, 15) is 13.2 Å². The van der Waals surface area contributed by atoms with Crippen LogP contribution >= 0.6 is 11.3 Å². The van der Waals surface area contributed by atoms with Crippen molar-refractivity contribution in [3.05, 3.63) is 59.8 Å². The molecule has 0 saturated heterocycles. The maximum Gasteiger partial charge on any atom is 0.416 e. The predicted molar refractivity (Wildman–Crippen MR) is 105 cm³/mol. The minimum absolute atomic E-state index is 0.334. The van der Waals surface area contributed by atoms with Gasteiger partial charge in [0, 0.05) is 18.3 Å². The topological polar surface area (TPSA) is 79.6 Å². The van der Waals surface area contributed by atoms with Crippen LogP contribution in [0.5, 0.6) is 0 Å². The number of hydrogen-bond acceptors (Lipinski definition) is 5. The molecule has 0 bridgehead atoms. The summed E-state index contributed by atoms with van der Waals surface area (Å²) < 4.78 is 39.9. The van der Waals surface area contributed by atoms with Gasteiger partial charge in [0.25, 0.3) is 0 Å². The van der Waals surface area contributed by atoms with E-state index in [-0.39, 0.29) is 6.04 Å². The largest absolute Gasteiger partial charge is 0.416 e. The Kier molecular flexibility index (Phi) is 4.46. The van der Waals surface area contributed by atoms with E-state index in [0.29, 0.717) is 16.9 Å². The van der Waals surface area contributed by atoms with E-state index < -0.39 is 11.7 Å². The lowest BCUT2D eigenvalue weighted by Gasteiger charge is -2.18. The Hall–Kier alpha value is -3.07. The van der Waals surface area contributed by atoms with Crippen molar-refractivity contribution in [3.8, 4) is 10.6 Å². The molecule has 9 heteroatoms. The van der Waals surface area contributed by atoms with Gasteiger partial charge in [0.15, 0.2) is 0 Å². The van der Waals surface area contributed by atoms with Crippen LogP contribution in [0.2, 0.25) is 0 Å². The SMILES string of the molecule is C[C@H](Nc1cc(N)nc2cc(-c3ccn[nH]3)sc12)c1cccc(C(F)(F)F)c1. The molecule has 4 rings (SSSR count). The Morgan fingerprint density at radius 2 is 2.00 bits per heavy atom. The molecule has 0 amide bonds. The summed E-state index contributed by atoms with van der Waals surface area (Å²) in [6, 6.07) is 10.4. The third-order valence-corrected chi connectivity index (χ3v) is 5.54. The van der Waals surface area contributed by atoms with Crippen LogP contribution in [0.3, 0.4) is 0 Å². The van der Waals surface area contributed by atoms with Crippen LogP contribution in [0, 0.1) is 0 Å². The fourth-order valence-electron chi connectivity index (χ4n) is 2.98. The number of pyridine rings is 1. The first-order valence-corrected chi connectivity index (χ1v) is 9.26. The lowest BCUT2D eigenvalue weighted by molar-refractivity contribution is -0.137. The molecule has 0 aliphatic carbocycles. The Balaban J connectivity index is 1.69. The second kappa shape index (κ2) is 6.83. The van der Waals surface area contributed by atoms with Gasteiger partial charge in [-0.2, -0.15) is 18.3 Å². The molecule has 144 valence electrons. The maximum atomic E-state index is 13.0. The van der Waals surface area contributed by atoms with Gasteiger partial charge in [0.05, 0.1) is 32.0 Å². The first kappa shape index (κ1) is 18.3. The van der Waals surface area contributed by atoms with Crippen LogP contribution in [0.15, 0.2) is 48.7 Å². The Labute approximate surface area is 162 Å². The minimum atomic E-state index is -4.38. The number of rotatable bonds is 4. The Morgan fingerprint density at radius 1 is 1.18 bits per heavy atom. The van der Waals surface area contributed by atoms with E-state index in [2.05, 4.69) is 20.5 Å². The summed E-state index contributed by atoms with van der Waals surface area (Å²) in [5.41, 5.74) is 8.09. The summed E-state index contributed by atoms with van der Waals surface area (Å²) in [7, 11) is 0. The standard InChI is InChI=1S/C19H16F3N5S/c1-10(11-3-2-4-12(7-11)19(20,21)22)25-15-9-17(23)26-14-8-16(28-18(14)15)13-5-6-24-27-13/h2-10H,1H3,(H,24,27)(H3,23,25,26)/t10-/m0/s1. The number of nitrogens with one attached hydrogen (secondary N) is 2. The first-order chi connectivity index (χ1) is 13.3. The molecule has 28 heavy (non-hydrogen) atoms. The number of nitrogen functional groups attached to an aromatic ring is 1. The van der Waals surface area contributed by atoms with Crippen molar-refractivity contribution >= 4 is 33.1 Å². The minimum Gasteiger partial charge on any atom is -0.384 e. The maximum absolute atomic E-state index is 13.0. The summed E-state index contributed by atoms with van der Waals surface area (Å²) in [4.78, 5) is 5.30. The highest BCUT2D eigenvalue weighted by Crippen LogP contribution is 2.38. The number of aromatic amines is 1. The van der Waals surface area contributed by atoms with E-state index in [1.165, 1.54) is 17.4 Å². The second-order valence-corrected chi connectivity index (χ2v) is 7.43. The zero-order valence-electron chi connectivity index (χ0n) is 14.7. The van der Waals surface area contributed by atoms with E-state index in [1.54, 1.807) is 25.3 Å². The summed E-state index contributed by atoms with van der Waals surface area (Å²) in [6.45, 7) is 1.81. The van der Waals surface area contributed by atoms with Crippen molar-refractivity contribution in [2.24, 2.45) is 0 Å². The van der Waals surface area contributed by atoms with Crippen LogP contribution in [-0.4, -0.2) is 15.2 Å².